The van der Waals surface area contributed by atoms with Gasteiger partial charge >= 0.3 is 0 Å². The first-order chi connectivity index (χ1) is 16.0. The fourth-order valence-corrected chi connectivity index (χ4v) is 3.47. The van der Waals surface area contributed by atoms with Gasteiger partial charge in [0, 0.05) is 29.0 Å². The molecule has 1 heterocycles. The third-order valence-corrected chi connectivity index (χ3v) is 5.17. The molecule has 4 rings (SSSR count). The second-order valence-electron chi connectivity index (χ2n) is 7.53. The average Bonchev–Trinajstić information content (AvgIpc) is 3.28. The SMILES string of the molecule is CCN(C(=O)Cc1ccc(NC(=O)c2ccc(-c3nc(C)no3)cc2)cc1)c1ccccc1. The summed E-state index contributed by atoms with van der Waals surface area (Å²) < 4.78 is 5.14. The average molecular weight is 441 g/mol. The van der Waals surface area contributed by atoms with Crippen molar-refractivity contribution in [2.75, 3.05) is 16.8 Å². The molecule has 0 aliphatic heterocycles. The van der Waals surface area contributed by atoms with Gasteiger partial charge in [0.2, 0.25) is 5.91 Å². The van der Waals surface area contributed by atoms with Crippen LogP contribution in [0.4, 0.5) is 11.4 Å². The summed E-state index contributed by atoms with van der Waals surface area (Å²) in [7, 11) is 0. The van der Waals surface area contributed by atoms with Gasteiger partial charge in [0.05, 0.1) is 6.42 Å². The van der Waals surface area contributed by atoms with Crippen LogP contribution in [0.25, 0.3) is 11.5 Å². The van der Waals surface area contributed by atoms with Gasteiger partial charge in [-0.2, -0.15) is 4.98 Å². The molecule has 7 nitrogen and oxygen atoms in total. The van der Waals surface area contributed by atoms with Crippen LogP contribution in [0.15, 0.2) is 83.4 Å². The summed E-state index contributed by atoms with van der Waals surface area (Å²) in [4.78, 5) is 31.3. The fraction of sp³-hybridized carbons (Fsp3) is 0.154. The lowest BCUT2D eigenvalue weighted by Gasteiger charge is -2.21. The lowest BCUT2D eigenvalue weighted by atomic mass is 10.1. The van der Waals surface area contributed by atoms with Crippen LogP contribution >= 0.6 is 0 Å². The van der Waals surface area contributed by atoms with Gasteiger partial charge in [0.1, 0.15) is 0 Å². The maximum absolute atomic E-state index is 12.8. The van der Waals surface area contributed by atoms with Crippen molar-refractivity contribution in [3.05, 3.63) is 95.8 Å². The zero-order chi connectivity index (χ0) is 23.2. The van der Waals surface area contributed by atoms with Crippen molar-refractivity contribution in [2.24, 2.45) is 0 Å². The Balaban J connectivity index is 1.37. The summed E-state index contributed by atoms with van der Waals surface area (Å²) in [6, 6.07) is 23.9. The number of carbonyl (C=O) groups is 2. The van der Waals surface area contributed by atoms with Crippen LogP contribution < -0.4 is 10.2 Å². The monoisotopic (exact) mass is 440 g/mol. The molecule has 166 valence electrons. The zero-order valence-corrected chi connectivity index (χ0v) is 18.5. The van der Waals surface area contributed by atoms with Crippen LogP contribution in [0.5, 0.6) is 0 Å². The number of carbonyl (C=O) groups excluding carboxylic acids is 2. The molecule has 0 atom stereocenters. The minimum atomic E-state index is -0.228. The predicted molar refractivity (Wildman–Crippen MR) is 127 cm³/mol. The molecule has 4 aromatic rings. The van der Waals surface area contributed by atoms with Gasteiger partial charge in [0.25, 0.3) is 11.8 Å². The summed E-state index contributed by atoms with van der Waals surface area (Å²) in [5.41, 5.74) is 3.68. The van der Waals surface area contributed by atoms with Crippen molar-refractivity contribution >= 4 is 23.2 Å². The second-order valence-corrected chi connectivity index (χ2v) is 7.53. The third-order valence-electron chi connectivity index (χ3n) is 5.17. The number of nitrogens with zero attached hydrogens (tertiary/aromatic N) is 3. The Hall–Kier alpha value is -4.26. The lowest BCUT2D eigenvalue weighted by molar-refractivity contribution is -0.117. The van der Waals surface area contributed by atoms with Crippen LogP contribution in [-0.2, 0) is 11.2 Å². The summed E-state index contributed by atoms with van der Waals surface area (Å²) >= 11 is 0. The maximum Gasteiger partial charge on any atom is 0.257 e. The van der Waals surface area contributed by atoms with Crippen molar-refractivity contribution in [2.45, 2.75) is 20.3 Å². The highest BCUT2D eigenvalue weighted by molar-refractivity contribution is 6.04. The van der Waals surface area contributed by atoms with Crippen LogP contribution in [-0.4, -0.2) is 28.5 Å². The van der Waals surface area contributed by atoms with E-state index >= 15 is 0 Å². The number of hydrogen-bond acceptors (Lipinski definition) is 5. The molecule has 0 unspecified atom stereocenters. The summed E-state index contributed by atoms with van der Waals surface area (Å²) in [6.07, 6.45) is 0.285. The smallest absolute Gasteiger partial charge is 0.257 e. The van der Waals surface area contributed by atoms with E-state index in [1.54, 1.807) is 48.2 Å². The van der Waals surface area contributed by atoms with Gasteiger partial charge in [-0.15, -0.1) is 0 Å². The van der Waals surface area contributed by atoms with Gasteiger partial charge in [-0.25, -0.2) is 0 Å². The molecule has 0 aliphatic rings. The fourth-order valence-electron chi connectivity index (χ4n) is 3.47. The number of likely N-dealkylation sites (N-methyl/N-ethyl adjacent to an activating group) is 1. The first-order valence-electron chi connectivity index (χ1n) is 10.7. The van der Waals surface area contributed by atoms with E-state index in [1.807, 2.05) is 49.4 Å². The van der Waals surface area contributed by atoms with Gasteiger partial charge in [0.15, 0.2) is 5.82 Å². The summed E-state index contributed by atoms with van der Waals surface area (Å²) in [5, 5.41) is 6.65. The molecule has 0 saturated carbocycles. The number of para-hydroxylation sites is 1. The van der Waals surface area contributed by atoms with Crippen molar-refractivity contribution < 1.29 is 14.1 Å². The van der Waals surface area contributed by atoms with Gasteiger partial charge in [-0.1, -0.05) is 35.5 Å². The summed E-state index contributed by atoms with van der Waals surface area (Å²) in [6.45, 7) is 4.31. The number of rotatable bonds is 7. The number of hydrogen-bond donors (Lipinski definition) is 1. The summed E-state index contributed by atoms with van der Waals surface area (Å²) in [5.74, 6) is 0.767. The topological polar surface area (TPSA) is 88.3 Å². The molecule has 0 fully saturated rings. The number of nitrogens with one attached hydrogen (secondary N) is 1. The molecule has 7 heteroatoms. The van der Waals surface area contributed by atoms with Crippen LogP contribution in [0.2, 0.25) is 0 Å². The Morgan fingerprint density at radius 3 is 2.24 bits per heavy atom. The van der Waals surface area contributed by atoms with E-state index in [9.17, 15) is 9.59 Å². The molecule has 0 spiro atoms. The van der Waals surface area contributed by atoms with Crippen LogP contribution in [0.1, 0.15) is 28.7 Å². The molecule has 0 aliphatic carbocycles. The van der Waals surface area contributed by atoms with Gasteiger partial charge in [-0.05, 0) is 67.9 Å². The molecular formula is C26H24N4O3. The molecule has 0 saturated heterocycles. The van der Waals surface area contributed by atoms with Crippen molar-refractivity contribution in [3.8, 4) is 11.5 Å². The molecule has 1 N–H and O–H groups in total. The number of anilines is 2. The lowest BCUT2D eigenvalue weighted by Crippen LogP contribution is -2.31. The first kappa shape index (κ1) is 22.0. The van der Waals surface area contributed by atoms with E-state index in [2.05, 4.69) is 15.5 Å². The van der Waals surface area contributed by atoms with Gasteiger partial charge in [-0.3, -0.25) is 9.59 Å². The molecule has 1 aromatic heterocycles. The molecule has 33 heavy (non-hydrogen) atoms. The maximum atomic E-state index is 12.8. The number of aromatic nitrogens is 2. The van der Waals surface area contributed by atoms with Crippen LogP contribution in [0, 0.1) is 6.92 Å². The highest BCUT2D eigenvalue weighted by Gasteiger charge is 2.14. The van der Waals surface area contributed by atoms with E-state index in [4.69, 9.17) is 4.52 Å². The molecule has 0 bridgehead atoms. The first-order valence-corrected chi connectivity index (χ1v) is 10.7. The van der Waals surface area contributed by atoms with E-state index < -0.39 is 0 Å². The second kappa shape index (κ2) is 9.91. The Morgan fingerprint density at radius 1 is 0.939 bits per heavy atom. The van der Waals surface area contributed by atoms with Crippen molar-refractivity contribution in [1.29, 1.82) is 0 Å². The van der Waals surface area contributed by atoms with E-state index in [0.717, 1.165) is 16.8 Å². The highest BCUT2D eigenvalue weighted by Crippen LogP contribution is 2.19. The molecule has 0 radical (unpaired) electrons. The standard InChI is InChI=1S/C26H24N4O3/c1-3-30(23-7-5-4-6-8-23)24(31)17-19-9-15-22(16-10-19)28-25(32)20-11-13-21(14-12-20)26-27-18(2)29-33-26/h4-16H,3,17H2,1-2H3,(H,28,32). The highest BCUT2D eigenvalue weighted by atomic mass is 16.5. The minimum absolute atomic E-state index is 0.0250. The third kappa shape index (κ3) is 5.33. The largest absolute Gasteiger partial charge is 0.334 e. The quantitative estimate of drug-likeness (QED) is 0.442. The molecule has 3 aromatic carbocycles. The Bertz CT molecular complexity index is 1230. The minimum Gasteiger partial charge on any atom is -0.334 e. The van der Waals surface area contributed by atoms with Gasteiger partial charge < -0.3 is 14.7 Å². The predicted octanol–water partition coefficient (Wildman–Crippen LogP) is 4.89. The van der Waals surface area contributed by atoms with E-state index in [-0.39, 0.29) is 18.2 Å². The normalized spacial score (nSPS) is 10.6. The van der Waals surface area contributed by atoms with E-state index in [0.29, 0.717) is 29.5 Å². The Morgan fingerprint density at radius 2 is 1.64 bits per heavy atom. The number of benzene rings is 3. The Kier molecular flexibility index (Phi) is 6.59. The zero-order valence-electron chi connectivity index (χ0n) is 18.5. The molecule has 2 amide bonds. The Labute approximate surface area is 192 Å². The van der Waals surface area contributed by atoms with Crippen LogP contribution in [0.3, 0.4) is 0 Å². The molecular weight excluding hydrogens is 416 g/mol. The number of amides is 2. The van der Waals surface area contributed by atoms with E-state index in [1.165, 1.54) is 0 Å². The number of aryl methyl sites for hydroxylation is 1. The van der Waals surface area contributed by atoms with Crippen molar-refractivity contribution in [3.63, 3.8) is 0 Å². The van der Waals surface area contributed by atoms with Crippen molar-refractivity contribution in [1.82, 2.24) is 10.1 Å².